The fourth-order valence-corrected chi connectivity index (χ4v) is 4.93. The third kappa shape index (κ3) is 2.85. The lowest BCUT2D eigenvalue weighted by Crippen LogP contribution is -2.52. The molecule has 7 heteroatoms. The summed E-state index contributed by atoms with van der Waals surface area (Å²) in [6.07, 6.45) is 3.05. The second-order valence-electron chi connectivity index (χ2n) is 8.06. The van der Waals surface area contributed by atoms with Crippen molar-refractivity contribution in [2.45, 2.75) is 57.4 Å². The van der Waals surface area contributed by atoms with E-state index in [0.29, 0.717) is 19.0 Å². The summed E-state index contributed by atoms with van der Waals surface area (Å²) in [5.41, 5.74) is 4.29. The Morgan fingerprint density at radius 1 is 0.889 bits per heavy atom. The summed E-state index contributed by atoms with van der Waals surface area (Å²) in [4.78, 5) is 40.7. The Labute approximate surface area is 158 Å². The highest BCUT2D eigenvalue weighted by Crippen LogP contribution is 2.34. The van der Waals surface area contributed by atoms with E-state index in [-0.39, 0.29) is 24.1 Å². The van der Waals surface area contributed by atoms with Crippen molar-refractivity contribution in [3.63, 3.8) is 0 Å². The van der Waals surface area contributed by atoms with Crippen LogP contribution in [-0.4, -0.2) is 52.7 Å². The van der Waals surface area contributed by atoms with Crippen LogP contribution in [0, 0.1) is 0 Å². The predicted octanol–water partition coefficient (Wildman–Crippen LogP) is 0.515. The summed E-state index contributed by atoms with van der Waals surface area (Å²) in [7, 11) is 0. The minimum atomic E-state index is -0.538. The zero-order valence-electron chi connectivity index (χ0n) is 15.3. The Hall–Kier alpha value is -2.25. The fraction of sp³-hybridized carbons (Fsp3) is 0.550. The maximum atomic E-state index is 12.9. The largest absolute Gasteiger partial charge is 0.322 e. The number of nitrogens with one attached hydrogen (secondary N) is 2. The maximum absolute atomic E-state index is 12.9. The zero-order chi connectivity index (χ0) is 18.5. The molecule has 27 heavy (non-hydrogen) atoms. The monoisotopic (exact) mass is 368 g/mol. The third-order valence-corrected chi connectivity index (χ3v) is 6.42. The Balaban J connectivity index is 1.35. The van der Waals surface area contributed by atoms with Crippen LogP contribution in [0.5, 0.6) is 0 Å². The van der Waals surface area contributed by atoms with Crippen molar-refractivity contribution in [3.8, 4) is 0 Å². The molecule has 0 saturated carbocycles. The molecule has 0 aliphatic carbocycles. The molecule has 0 spiro atoms. The van der Waals surface area contributed by atoms with Crippen LogP contribution in [0.3, 0.4) is 0 Å². The Morgan fingerprint density at radius 2 is 1.63 bits per heavy atom. The molecule has 3 amide bonds. The average molecular weight is 368 g/mol. The van der Waals surface area contributed by atoms with Crippen molar-refractivity contribution < 1.29 is 14.4 Å². The first-order chi connectivity index (χ1) is 13.1. The van der Waals surface area contributed by atoms with Crippen LogP contribution in [0.25, 0.3) is 0 Å². The highest BCUT2D eigenvalue weighted by molar-refractivity contribution is 6.05. The van der Waals surface area contributed by atoms with E-state index in [2.05, 4.69) is 21.6 Å². The molecule has 142 valence electrons. The van der Waals surface area contributed by atoms with Gasteiger partial charge in [-0.3, -0.25) is 24.6 Å². The van der Waals surface area contributed by atoms with Crippen LogP contribution in [0.2, 0.25) is 0 Å². The van der Waals surface area contributed by atoms with Crippen LogP contribution >= 0.6 is 0 Å². The molecule has 0 bridgehead atoms. The van der Waals surface area contributed by atoms with Gasteiger partial charge in [-0.25, -0.2) is 0 Å². The number of fused-ring (bicyclic) bond motifs is 2. The van der Waals surface area contributed by atoms with Crippen molar-refractivity contribution in [2.75, 3.05) is 13.1 Å². The Bertz CT molecular complexity index is 831. The van der Waals surface area contributed by atoms with Gasteiger partial charge in [0.05, 0.1) is 0 Å². The average Bonchev–Trinajstić information content (AvgIpc) is 3.22. The van der Waals surface area contributed by atoms with Crippen LogP contribution in [0.15, 0.2) is 12.1 Å². The molecule has 2 N–H and O–H groups in total. The van der Waals surface area contributed by atoms with E-state index in [1.54, 1.807) is 4.90 Å². The molecular weight excluding hydrogens is 344 g/mol. The standard InChI is InChI=1S/C20H24N4O3/c25-18-2-1-17(19(26)22-18)24-11-14-7-12-9-23(15-3-5-21-6-4-15)10-13(12)8-16(14)20(24)27/h7-8,15,17,21H,1-6,9-11H2,(H,22,25,26). The quantitative estimate of drug-likeness (QED) is 0.744. The first-order valence-electron chi connectivity index (χ1n) is 9.84. The van der Waals surface area contributed by atoms with E-state index in [1.807, 2.05) is 6.07 Å². The lowest BCUT2D eigenvalue weighted by molar-refractivity contribution is -0.136. The van der Waals surface area contributed by atoms with Gasteiger partial charge in [0.2, 0.25) is 11.8 Å². The molecule has 7 nitrogen and oxygen atoms in total. The second kappa shape index (κ2) is 6.42. The van der Waals surface area contributed by atoms with Gasteiger partial charge in [-0.2, -0.15) is 0 Å². The topological polar surface area (TPSA) is 81.8 Å². The number of imide groups is 1. The molecule has 4 aliphatic rings. The number of carbonyl (C=O) groups is 3. The molecule has 2 fully saturated rings. The minimum absolute atomic E-state index is 0.0809. The van der Waals surface area contributed by atoms with Crippen LogP contribution in [-0.2, 0) is 29.2 Å². The van der Waals surface area contributed by atoms with E-state index in [0.717, 1.165) is 37.3 Å². The molecule has 0 aromatic heterocycles. The SMILES string of the molecule is O=C1CCC(N2Cc3cc4c(cc3C2=O)CN(C2CCNCC2)C4)C(=O)N1. The first-order valence-corrected chi connectivity index (χ1v) is 9.84. The Kier molecular flexibility index (Phi) is 4.02. The molecule has 1 aromatic carbocycles. The summed E-state index contributed by atoms with van der Waals surface area (Å²) in [6.45, 7) is 4.46. The van der Waals surface area contributed by atoms with E-state index in [1.165, 1.54) is 24.0 Å². The molecular formula is C20H24N4O3. The van der Waals surface area contributed by atoms with Crippen molar-refractivity contribution in [3.05, 3.63) is 34.4 Å². The lowest BCUT2D eigenvalue weighted by atomic mass is 10.0. The van der Waals surface area contributed by atoms with Crippen molar-refractivity contribution >= 4 is 17.7 Å². The number of hydrogen-bond donors (Lipinski definition) is 2. The third-order valence-electron chi connectivity index (χ3n) is 6.42. The summed E-state index contributed by atoms with van der Waals surface area (Å²) in [6, 6.07) is 4.28. The number of nitrogens with zero attached hydrogens (tertiary/aromatic N) is 2. The Morgan fingerprint density at radius 3 is 2.37 bits per heavy atom. The molecule has 1 unspecified atom stereocenters. The number of benzene rings is 1. The van der Waals surface area contributed by atoms with Gasteiger partial charge in [-0.15, -0.1) is 0 Å². The molecule has 5 rings (SSSR count). The van der Waals surface area contributed by atoms with E-state index < -0.39 is 6.04 Å². The summed E-state index contributed by atoms with van der Waals surface area (Å²) in [5.74, 6) is -0.683. The highest BCUT2D eigenvalue weighted by Gasteiger charge is 2.40. The zero-order valence-corrected chi connectivity index (χ0v) is 15.3. The van der Waals surface area contributed by atoms with Crippen LogP contribution in [0.4, 0.5) is 0 Å². The van der Waals surface area contributed by atoms with Gasteiger partial charge < -0.3 is 10.2 Å². The van der Waals surface area contributed by atoms with Gasteiger partial charge in [0, 0.05) is 37.7 Å². The fourth-order valence-electron chi connectivity index (χ4n) is 4.93. The summed E-state index contributed by atoms with van der Waals surface area (Å²) >= 11 is 0. The van der Waals surface area contributed by atoms with Crippen LogP contribution < -0.4 is 10.6 Å². The summed E-state index contributed by atoms with van der Waals surface area (Å²) < 4.78 is 0. The van der Waals surface area contributed by atoms with Crippen molar-refractivity contribution in [2.24, 2.45) is 0 Å². The van der Waals surface area contributed by atoms with E-state index in [9.17, 15) is 14.4 Å². The summed E-state index contributed by atoms with van der Waals surface area (Å²) in [5, 5.41) is 5.77. The first kappa shape index (κ1) is 16.9. The molecule has 4 heterocycles. The van der Waals surface area contributed by atoms with Crippen molar-refractivity contribution in [1.82, 2.24) is 20.4 Å². The molecule has 2 saturated heterocycles. The van der Waals surface area contributed by atoms with Gasteiger partial charge in [0.1, 0.15) is 6.04 Å². The van der Waals surface area contributed by atoms with Crippen molar-refractivity contribution in [1.29, 1.82) is 0 Å². The van der Waals surface area contributed by atoms with Gasteiger partial charge in [0.15, 0.2) is 0 Å². The number of carbonyl (C=O) groups excluding carboxylic acids is 3. The molecule has 4 aliphatic heterocycles. The van der Waals surface area contributed by atoms with E-state index in [4.69, 9.17) is 0 Å². The lowest BCUT2D eigenvalue weighted by Gasteiger charge is -2.31. The van der Waals surface area contributed by atoms with Gasteiger partial charge in [-0.1, -0.05) is 6.07 Å². The predicted molar refractivity (Wildman–Crippen MR) is 97.6 cm³/mol. The molecule has 1 atom stereocenters. The number of piperidine rings is 2. The highest BCUT2D eigenvalue weighted by atomic mass is 16.2. The normalized spacial score (nSPS) is 26.3. The second-order valence-corrected chi connectivity index (χ2v) is 8.06. The number of hydrogen-bond acceptors (Lipinski definition) is 5. The van der Waals surface area contributed by atoms with Gasteiger partial charge >= 0.3 is 0 Å². The smallest absolute Gasteiger partial charge is 0.255 e. The van der Waals surface area contributed by atoms with E-state index >= 15 is 0 Å². The van der Waals surface area contributed by atoms with Crippen LogP contribution in [0.1, 0.15) is 52.7 Å². The maximum Gasteiger partial charge on any atom is 0.255 e. The molecule has 0 radical (unpaired) electrons. The molecule has 1 aromatic rings. The minimum Gasteiger partial charge on any atom is -0.322 e. The van der Waals surface area contributed by atoms with Gasteiger partial charge in [0.25, 0.3) is 5.91 Å². The number of rotatable bonds is 2. The number of amides is 3. The van der Waals surface area contributed by atoms with Gasteiger partial charge in [-0.05, 0) is 55.1 Å².